The van der Waals surface area contributed by atoms with Crippen LogP contribution in [0.25, 0.3) is 0 Å². The van der Waals surface area contributed by atoms with Crippen molar-refractivity contribution in [3.05, 3.63) is 35.9 Å². The monoisotopic (exact) mass is 399 g/mol. The Balaban J connectivity index is 0.00000676. The average molecular weight is 400 g/mol. The van der Waals surface area contributed by atoms with Gasteiger partial charge in [0.15, 0.2) is 0 Å². The number of amides is 2. The van der Waals surface area contributed by atoms with Crippen molar-refractivity contribution in [2.45, 2.75) is 51.2 Å². The summed E-state index contributed by atoms with van der Waals surface area (Å²) in [5.41, 5.74) is 6.10. The van der Waals surface area contributed by atoms with Crippen molar-refractivity contribution in [2.24, 2.45) is 5.73 Å². The summed E-state index contributed by atoms with van der Waals surface area (Å²) in [7, 11) is 1.52. The lowest BCUT2D eigenvalue weighted by Crippen LogP contribution is -2.55. The maximum absolute atomic E-state index is 12.6. The van der Waals surface area contributed by atoms with Crippen molar-refractivity contribution in [3.63, 3.8) is 0 Å². The molecule has 27 heavy (non-hydrogen) atoms. The van der Waals surface area contributed by atoms with Gasteiger partial charge in [-0.15, -0.1) is 12.4 Å². The zero-order chi connectivity index (χ0) is 19.7. The van der Waals surface area contributed by atoms with E-state index in [-0.39, 0.29) is 18.8 Å². The molecule has 0 aliphatic carbocycles. The smallest absolute Gasteiger partial charge is 0.290 e. The van der Waals surface area contributed by atoms with Gasteiger partial charge in [-0.05, 0) is 32.8 Å². The highest BCUT2D eigenvalue weighted by Gasteiger charge is 2.30. The highest BCUT2D eigenvalue weighted by molar-refractivity contribution is 6.38. The zero-order valence-corrected chi connectivity index (χ0v) is 17.1. The molecule has 7 nitrogen and oxygen atoms in total. The van der Waals surface area contributed by atoms with Crippen LogP contribution in [-0.2, 0) is 25.5 Å². The van der Waals surface area contributed by atoms with E-state index in [1.807, 2.05) is 30.3 Å². The predicted octanol–water partition coefficient (Wildman–Crippen LogP) is 0.983. The molecule has 0 aromatic heterocycles. The van der Waals surface area contributed by atoms with E-state index < -0.39 is 35.2 Å². The van der Waals surface area contributed by atoms with Crippen LogP contribution in [0.5, 0.6) is 0 Å². The molecule has 0 aliphatic rings. The molecule has 0 saturated heterocycles. The number of ketones is 1. The molecule has 0 radical (unpaired) electrons. The van der Waals surface area contributed by atoms with Crippen LogP contribution >= 0.6 is 12.4 Å². The van der Waals surface area contributed by atoms with Crippen molar-refractivity contribution in [2.75, 3.05) is 13.7 Å². The maximum atomic E-state index is 12.6. The van der Waals surface area contributed by atoms with E-state index >= 15 is 0 Å². The van der Waals surface area contributed by atoms with E-state index in [9.17, 15) is 14.4 Å². The minimum atomic E-state index is -0.985. The number of benzene rings is 1. The van der Waals surface area contributed by atoms with E-state index in [0.717, 1.165) is 5.56 Å². The Morgan fingerprint density at radius 3 is 2.26 bits per heavy atom. The molecule has 1 rings (SSSR count). The maximum Gasteiger partial charge on any atom is 0.290 e. The molecule has 4 N–H and O–H groups in total. The molecule has 0 spiro atoms. The lowest BCUT2D eigenvalue weighted by Gasteiger charge is -2.23. The summed E-state index contributed by atoms with van der Waals surface area (Å²) in [6.45, 7) is 5.67. The fourth-order valence-corrected chi connectivity index (χ4v) is 2.27. The van der Waals surface area contributed by atoms with Crippen molar-refractivity contribution >= 4 is 30.0 Å². The summed E-state index contributed by atoms with van der Waals surface area (Å²) >= 11 is 0. The number of rotatable bonds is 9. The molecule has 2 atom stereocenters. The lowest BCUT2D eigenvalue weighted by atomic mass is 10.00. The minimum absolute atomic E-state index is 0. The van der Waals surface area contributed by atoms with Gasteiger partial charge >= 0.3 is 0 Å². The van der Waals surface area contributed by atoms with Crippen LogP contribution in [0.2, 0.25) is 0 Å². The Labute approximate surface area is 166 Å². The second-order valence-corrected chi connectivity index (χ2v) is 7.21. The van der Waals surface area contributed by atoms with E-state index in [1.165, 1.54) is 7.11 Å². The molecular weight excluding hydrogens is 370 g/mol. The summed E-state index contributed by atoms with van der Waals surface area (Å²) < 4.78 is 4.91. The number of methoxy groups -OCH3 is 1. The predicted molar refractivity (Wildman–Crippen MR) is 107 cm³/mol. The largest absolute Gasteiger partial charge is 0.385 e. The van der Waals surface area contributed by atoms with Gasteiger partial charge in [-0.1, -0.05) is 30.3 Å². The Bertz CT molecular complexity index is 617. The van der Waals surface area contributed by atoms with Crippen LogP contribution in [0.4, 0.5) is 0 Å². The number of hydrogen-bond donors (Lipinski definition) is 3. The van der Waals surface area contributed by atoms with Gasteiger partial charge in [0.25, 0.3) is 5.91 Å². The summed E-state index contributed by atoms with van der Waals surface area (Å²) in [6, 6.07) is 7.38. The highest BCUT2D eigenvalue weighted by atomic mass is 35.5. The molecule has 0 saturated carbocycles. The second kappa shape index (κ2) is 11.7. The van der Waals surface area contributed by atoms with Crippen LogP contribution in [0.1, 0.15) is 32.8 Å². The topological polar surface area (TPSA) is 111 Å². The molecular formula is C19H30ClN3O4. The van der Waals surface area contributed by atoms with Gasteiger partial charge in [-0.25, -0.2) is 0 Å². The third kappa shape index (κ3) is 9.51. The van der Waals surface area contributed by atoms with Crippen LogP contribution in [0.3, 0.4) is 0 Å². The van der Waals surface area contributed by atoms with Gasteiger partial charge in [0.2, 0.25) is 11.7 Å². The minimum Gasteiger partial charge on any atom is -0.385 e. The standard InChI is InChI=1S/C19H29N3O4.ClH/c1-19(2,3)22-18(25)16(23)15(12-13-8-6-5-7-9-13)21-17(24)14(20)10-11-26-4;/h5-9,14-15H,10-12,20H2,1-4H3,(H,21,24)(H,22,25);1H. The molecule has 1 aromatic carbocycles. The van der Waals surface area contributed by atoms with Gasteiger partial charge in [0.1, 0.15) is 6.04 Å². The lowest BCUT2D eigenvalue weighted by molar-refractivity contribution is -0.141. The SMILES string of the molecule is COCCC(N)C(=O)NC(Cc1ccccc1)C(=O)C(=O)NC(C)(C)C.Cl. The first-order valence-corrected chi connectivity index (χ1v) is 8.59. The van der Waals surface area contributed by atoms with E-state index in [1.54, 1.807) is 20.8 Å². The molecule has 2 unspecified atom stereocenters. The normalized spacial score (nSPS) is 13.1. The Morgan fingerprint density at radius 1 is 1.15 bits per heavy atom. The summed E-state index contributed by atoms with van der Waals surface area (Å²) in [4.78, 5) is 37.1. The van der Waals surface area contributed by atoms with Gasteiger partial charge in [-0.3, -0.25) is 14.4 Å². The molecule has 152 valence electrons. The average Bonchev–Trinajstić information content (AvgIpc) is 2.57. The van der Waals surface area contributed by atoms with Gasteiger partial charge in [0.05, 0.1) is 6.04 Å². The quantitative estimate of drug-likeness (QED) is 0.536. The molecule has 1 aromatic rings. The number of carbonyl (C=O) groups is 3. The number of nitrogens with two attached hydrogens (primary N) is 1. The number of ether oxygens (including phenoxy) is 1. The fourth-order valence-electron chi connectivity index (χ4n) is 2.27. The molecule has 0 aliphatic heterocycles. The van der Waals surface area contributed by atoms with Crippen LogP contribution in [-0.4, -0.2) is 48.9 Å². The first-order valence-electron chi connectivity index (χ1n) is 8.59. The molecule has 8 heteroatoms. The molecule has 0 bridgehead atoms. The summed E-state index contributed by atoms with van der Waals surface area (Å²) in [5.74, 6) is -1.92. The number of Topliss-reactive ketones (excluding diaryl/α,β-unsaturated/α-hetero) is 1. The van der Waals surface area contributed by atoms with Gasteiger partial charge in [0, 0.05) is 25.7 Å². The van der Waals surface area contributed by atoms with Crippen molar-refractivity contribution in [1.82, 2.24) is 10.6 Å². The molecule has 2 amide bonds. The van der Waals surface area contributed by atoms with Gasteiger partial charge < -0.3 is 21.1 Å². The first kappa shape index (κ1) is 25.0. The Hall–Kier alpha value is -1.96. The number of hydrogen-bond acceptors (Lipinski definition) is 5. The third-order valence-electron chi connectivity index (χ3n) is 3.60. The van der Waals surface area contributed by atoms with Crippen molar-refractivity contribution in [1.29, 1.82) is 0 Å². The Morgan fingerprint density at radius 2 is 1.74 bits per heavy atom. The zero-order valence-electron chi connectivity index (χ0n) is 16.3. The van der Waals surface area contributed by atoms with E-state index in [2.05, 4.69) is 10.6 Å². The van der Waals surface area contributed by atoms with Crippen molar-refractivity contribution in [3.8, 4) is 0 Å². The Kier molecular flexibility index (Phi) is 10.8. The molecule has 0 fully saturated rings. The van der Waals surface area contributed by atoms with Crippen molar-refractivity contribution < 1.29 is 19.1 Å². The third-order valence-corrected chi connectivity index (χ3v) is 3.60. The number of carbonyl (C=O) groups excluding carboxylic acids is 3. The fraction of sp³-hybridized carbons (Fsp3) is 0.526. The van der Waals surface area contributed by atoms with Crippen LogP contribution < -0.4 is 16.4 Å². The summed E-state index contributed by atoms with van der Waals surface area (Å²) in [6.07, 6.45) is 0.530. The number of nitrogens with one attached hydrogen (secondary N) is 2. The van der Waals surface area contributed by atoms with Crippen LogP contribution in [0, 0.1) is 0 Å². The van der Waals surface area contributed by atoms with Crippen LogP contribution in [0.15, 0.2) is 30.3 Å². The second-order valence-electron chi connectivity index (χ2n) is 7.21. The van der Waals surface area contributed by atoms with Gasteiger partial charge in [-0.2, -0.15) is 0 Å². The van der Waals surface area contributed by atoms with E-state index in [4.69, 9.17) is 10.5 Å². The highest BCUT2D eigenvalue weighted by Crippen LogP contribution is 2.07. The molecule has 0 heterocycles. The summed E-state index contributed by atoms with van der Waals surface area (Å²) in [5, 5.41) is 5.24. The van der Waals surface area contributed by atoms with E-state index in [0.29, 0.717) is 13.0 Å². The number of halogens is 1. The first-order chi connectivity index (χ1) is 12.1.